The molecule has 0 unspecified atom stereocenters. The molecular weight excluding hydrogens is 368 g/mol. The lowest BCUT2D eigenvalue weighted by Gasteiger charge is -2.19. The number of aryl methyl sites for hydroxylation is 4. The van der Waals surface area contributed by atoms with Crippen molar-refractivity contribution in [3.8, 4) is 5.75 Å². The summed E-state index contributed by atoms with van der Waals surface area (Å²) in [5.41, 5.74) is 2.84. The van der Waals surface area contributed by atoms with Crippen LogP contribution >= 0.6 is 0 Å². The molecule has 0 bridgehead atoms. The third-order valence-corrected chi connectivity index (χ3v) is 4.59. The van der Waals surface area contributed by atoms with Crippen molar-refractivity contribution in [3.05, 3.63) is 100 Å². The molecule has 5 heteroatoms. The van der Waals surface area contributed by atoms with Crippen molar-refractivity contribution in [1.82, 2.24) is 0 Å². The molecule has 0 aliphatic rings. The summed E-state index contributed by atoms with van der Waals surface area (Å²) in [6.45, 7) is 3.36. The van der Waals surface area contributed by atoms with E-state index in [2.05, 4.69) is 4.74 Å². The number of ether oxygens (including phenoxy) is 1. The van der Waals surface area contributed by atoms with Crippen LogP contribution in [0.1, 0.15) is 27.8 Å². The summed E-state index contributed by atoms with van der Waals surface area (Å²) >= 11 is 0. The van der Waals surface area contributed by atoms with Gasteiger partial charge >= 0.3 is 6.11 Å². The normalized spacial score (nSPS) is 11.5. The summed E-state index contributed by atoms with van der Waals surface area (Å²) in [6, 6.07) is 16.0. The van der Waals surface area contributed by atoms with E-state index >= 15 is 0 Å². The smallest absolute Gasteiger partial charge is 0.426 e. The summed E-state index contributed by atoms with van der Waals surface area (Å²) in [7, 11) is 0. The maximum atomic E-state index is 14.4. The van der Waals surface area contributed by atoms with Crippen LogP contribution in [0.15, 0.2) is 60.7 Å². The van der Waals surface area contributed by atoms with Crippen molar-refractivity contribution in [1.29, 1.82) is 0 Å². The Bertz CT molecular complexity index is 948. The molecule has 0 atom stereocenters. The largest absolute Gasteiger partial charge is 0.426 e. The van der Waals surface area contributed by atoms with Gasteiger partial charge in [-0.1, -0.05) is 48.0 Å². The van der Waals surface area contributed by atoms with E-state index in [4.69, 9.17) is 0 Å². The van der Waals surface area contributed by atoms with Crippen LogP contribution in [0, 0.1) is 25.5 Å². The van der Waals surface area contributed by atoms with Gasteiger partial charge in [0.1, 0.15) is 0 Å². The maximum Gasteiger partial charge on any atom is 0.426 e. The molecule has 0 saturated carbocycles. The van der Waals surface area contributed by atoms with Crippen LogP contribution in [0.2, 0.25) is 0 Å². The van der Waals surface area contributed by atoms with E-state index in [0.717, 1.165) is 18.1 Å². The highest BCUT2D eigenvalue weighted by Crippen LogP contribution is 2.34. The number of hydrogen-bond donors (Lipinski definition) is 0. The van der Waals surface area contributed by atoms with Crippen molar-refractivity contribution in [2.24, 2.45) is 0 Å². The van der Waals surface area contributed by atoms with Gasteiger partial charge in [-0.3, -0.25) is 0 Å². The van der Waals surface area contributed by atoms with Crippen molar-refractivity contribution in [2.75, 3.05) is 0 Å². The van der Waals surface area contributed by atoms with Gasteiger partial charge in [-0.05, 0) is 61.6 Å². The van der Waals surface area contributed by atoms with Crippen molar-refractivity contribution in [3.63, 3.8) is 0 Å². The predicted octanol–water partition coefficient (Wildman–Crippen LogP) is 6.50. The van der Waals surface area contributed by atoms with Crippen LogP contribution < -0.4 is 4.74 Å². The van der Waals surface area contributed by atoms with Gasteiger partial charge in [-0.2, -0.15) is 13.2 Å². The second kappa shape index (κ2) is 8.05. The molecule has 0 heterocycles. The number of alkyl halides is 2. The molecule has 3 aromatic carbocycles. The Balaban J connectivity index is 1.69. The average molecular weight is 388 g/mol. The van der Waals surface area contributed by atoms with Gasteiger partial charge in [0.05, 0.1) is 5.56 Å². The summed E-state index contributed by atoms with van der Waals surface area (Å²) in [5, 5.41) is 0. The highest BCUT2D eigenvalue weighted by Gasteiger charge is 2.35. The Labute approximate surface area is 161 Å². The van der Waals surface area contributed by atoms with E-state index < -0.39 is 29.1 Å². The van der Waals surface area contributed by atoms with Crippen molar-refractivity contribution in [2.45, 2.75) is 32.8 Å². The quantitative estimate of drug-likeness (QED) is 0.438. The third-order valence-electron chi connectivity index (χ3n) is 4.59. The fourth-order valence-corrected chi connectivity index (χ4v) is 2.81. The number of hydrogen-bond acceptors (Lipinski definition) is 1. The van der Waals surface area contributed by atoms with Gasteiger partial charge < -0.3 is 4.74 Å². The molecule has 0 fully saturated rings. The van der Waals surface area contributed by atoms with Gasteiger partial charge in [-0.15, -0.1) is 0 Å². The Hall–Kier alpha value is -2.82. The summed E-state index contributed by atoms with van der Waals surface area (Å²) in [5.74, 6) is -3.44. The zero-order chi connectivity index (χ0) is 20.3. The highest BCUT2D eigenvalue weighted by atomic mass is 19.3. The first-order valence-corrected chi connectivity index (χ1v) is 8.92. The van der Waals surface area contributed by atoms with Crippen LogP contribution in [-0.4, -0.2) is 0 Å². The SMILES string of the molecule is Cc1ccc(CCc2ccc(C(F)(F)Oc3ccc(C)c(F)c3F)cc2)cc1. The number of benzene rings is 3. The lowest BCUT2D eigenvalue weighted by atomic mass is 10.0. The minimum atomic E-state index is -3.78. The first-order chi connectivity index (χ1) is 13.3. The maximum absolute atomic E-state index is 14.4. The highest BCUT2D eigenvalue weighted by molar-refractivity contribution is 5.32. The molecule has 1 nitrogen and oxygen atoms in total. The lowest BCUT2D eigenvalue weighted by molar-refractivity contribution is -0.187. The fourth-order valence-electron chi connectivity index (χ4n) is 2.81. The van der Waals surface area contributed by atoms with E-state index in [9.17, 15) is 17.6 Å². The van der Waals surface area contributed by atoms with Crippen LogP contribution in [0.4, 0.5) is 17.6 Å². The third kappa shape index (κ3) is 4.53. The van der Waals surface area contributed by atoms with E-state index in [0.29, 0.717) is 6.42 Å². The van der Waals surface area contributed by atoms with Gasteiger partial charge in [0.15, 0.2) is 11.6 Å². The molecule has 3 rings (SSSR count). The predicted molar refractivity (Wildman–Crippen MR) is 101 cm³/mol. The Kier molecular flexibility index (Phi) is 5.73. The zero-order valence-corrected chi connectivity index (χ0v) is 15.6. The molecule has 0 amide bonds. The monoisotopic (exact) mass is 388 g/mol. The van der Waals surface area contributed by atoms with Crippen LogP contribution in [-0.2, 0) is 19.0 Å². The van der Waals surface area contributed by atoms with Gasteiger partial charge in [0, 0.05) is 0 Å². The van der Waals surface area contributed by atoms with Crippen molar-refractivity contribution >= 4 is 0 Å². The van der Waals surface area contributed by atoms with Crippen LogP contribution in [0.25, 0.3) is 0 Å². The summed E-state index contributed by atoms with van der Waals surface area (Å²) in [6.07, 6.45) is -2.29. The first-order valence-electron chi connectivity index (χ1n) is 8.92. The molecular formula is C23H20F4O. The molecule has 0 spiro atoms. The first kappa shape index (κ1) is 19.9. The van der Waals surface area contributed by atoms with Gasteiger partial charge in [-0.25, -0.2) is 4.39 Å². The zero-order valence-electron chi connectivity index (χ0n) is 15.6. The van der Waals surface area contributed by atoms with Gasteiger partial charge in [0.25, 0.3) is 0 Å². The minimum absolute atomic E-state index is 0.0195. The average Bonchev–Trinajstić information content (AvgIpc) is 2.68. The second-order valence-electron chi connectivity index (χ2n) is 6.81. The molecule has 3 aromatic rings. The molecule has 0 aliphatic heterocycles. The summed E-state index contributed by atoms with van der Waals surface area (Å²) < 4.78 is 60.6. The Morgan fingerprint density at radius 2 is 1.25 bits per heavy atom. The second-order valence-corrected chi connectivity index (χ2v) is 6.81. The van der Waals surface area contributed by atoms with E-state index in [1.54, 1.807) is 12.1 Å². The molecule has 0 saturated heterocycles. The van der Waals surface area contributed by atoms with Crippen LogP contribution in [0.5, 0.6) is 5.75 Å². The molecule has 0 aliphatic carbocycles. The number of halogens is 4. The molecule has 0 aromatic heterocycles. The number of rotatable bonds is 6. The van der Waals surface area contributed by atoms with E-state index in [1.807, 2.05) is 31.2 Å². The fraction of sp³-hybridized carbons (Fsp3) is 0.217. The van der Waals surface area contributed by atoms with E-state index in [-0.39, 0.29) is 5.56 Å². The topological polar surface area (TPSA) is 9.23 Å². The lowest BCUT2D eigenvalue weighted by Crippen LogP contribution is -2.22. The minimum Gasteiger partial charge on any atom is -0.426 e. The molecule has 28 heavy (non-hydrogen) atoms. The van der Waals surface area contributed by atoms with Crippen LogP contribution in [0.3, 0.4) is 0 Å². The molecule has 146 valence electrons. The standard InChI is InChI=1S/C23H20F4O/c1-15-3-6-17(7-4-15)8-9-18-10-12-19(13-11-18)23(26,27)28-20-14-5-16(2)21(24)22(20)25/h3-7,10-14H,8-9H2,1-2H3. The Morgan fingerprint density at radius 3 is 1.82 bits per heavy atom. The van der Waals surface area contributed by atoms with Crippen molar-refractivity contribution < 1.29 is 22.3 Å². The van der Waals surface area contributed by atoms with Gasteiger partial charge in [0.2, 0.25) is 5.82 Å². The molecule has 0 radical (unpaired) electrons. The van der Waals surface area contributed by atoms with E-state index in [1.165, 1.54) is 36.2 Å². The summed E-state index contributed by atoms with van der Waals surface area (Å²) in [4.78, 5) is 0. The Morgan fingerprint density at radius 1 is 0.714 bits per heavy atom. The molecule has 0 N–H and O–H groups in total.